The van der Waals surface area contributed by atoms with Gasteiger partial charge in [-0.1, -0.05) is 48.0 Å². The zero-order valence-electron chi connectivity index (χ0n) is 47.1. The van der Waals surface area contributed by atoms with E-state index in [0.29, 0.717) is 5.69 Å². The van der Waals surface area contributed by atoms with E-state index in [2.05, 4.69) is 57.8 Å². The van der Waals surface area contributed by atoms with E-state index in [0.717, 1.165) is 0 Å². The number of H-pyrrole nitrogens is 1. The normalized spacial score (nSPS) is 15.9. The van der Waals surface area contributed by atoms with Gasteiger partial charge in [0.1, 0.15) is 72.5 Å². The highest BCUT2D eigenvalue weighted by molar-refractivity contribution is 6.00. The van der Waals surface area contributed by atoms with E-state index in [1.165, 1.54) is 33.3 Å². The molecule has 0 aliphatic carbocycles. The molecular weight excluding hydrogens is 1120 g/mol. The average molecular weight is 1200 g/mol. The number of nitrogens with one attached hydrogen (secondary N) is 12. The molecule has 474 valence electrons. The second kappa shape index (κ2) is 37.3. The fourth-order valence-electron chi connectivity index (χ4n) is 7.36. The Bertz CT molecular complexity index is 2400. The van der Waals surface area contributed by atoms with Crippen molar-refractivity contribution in [2.24, 2.45) is 29.2 Å². The maximum absolute atomic E-state index is 13.7. The quantitative estimate of drug-likeness (QED) is 0.0291. The van der Waals surface area contributed by atoms with Gasteiger partial charge in [-0.25, -0.2) is 9.78 Å². The predicted octanol–water partition coefficient (Wildman–Crippen LogP) is -11.7. The number of hydrogen-bond donors (Lipinski definition) is 22. The molecular formula is C48H81N15O21. The first kappa shape index (κ1) is 74.0. The largest absolute Gasteiger partial charge is 0.480 e. The third-order valence-corrected chi connectivity index (χ3v) is 12.4. The number of nitrogens with two attached hydrogens (primary N) is 2. The van der Waals surface area contributed by atoms with E-state index < -0.39 is 214 Å². The summed E-state index contributed by atoms with van der Waals surface area (Å²) < 4.78 is 0. The van der Waals surface area contributed by atoms with Crippen LogP contribution in [-0.2, 0) is 68.7 Å². The van der Waals surface area contributed by atoms with Gasteiger partial charge in [0.15, 0.2) is 0 Å². The van der Waals surface area contributed by atoms with Crippen LogP contribution in [0.5, 0.6) is 0 Å². The van der Waals surface area contributed by atoms with Gasteiger partial charge in [-0.2, -0.15) is 0 Å². The third kappa shape index (κ3) is 24.4. The first-order valence-electron chi connectivity index (χ1n) is 26.3. The van der Waals surface area contributed by atoms with Crippen LogP contribution in [0.2, 0.25) is 0 Å². The minimum atomic E-state index is -2.00. The molecule has 0 unspecified atom stereocenters. The lowest BCUT2D eigenvalue weighted by atomic mass is 9.97. The molecule has 36 nitrogen and oxygen atoms in total. The number of carboxylic acid groups (broad SMARTS) is 1. The summed E-state index contributed by atoms with van der Waals surface area (Å²) in [4.78, 5) is 176. The molecule has 13 atom stereocenters. The van der Waals surface area contributed by atoms with Gasteiger partial charge < -0.3 is 116 Å². The highest BCUT2D eigenvalue weighted by Crippen LogP contribution is 2.11. The molecule has 0 fully saturated rings. The van der Waals surface area contributed by atoms with Crippen molar-refractivity contribution in [2.75, 3.05) is 46.2 Å². The van der Waals surface area contributed by atoms with Crippen molar-refractivity contribution in [1.29, 1.82) is 0 Å². The van der Waals surface area contributed by atoms with Crippen LogP contribution in [0.3, 0.4) is 0 Å². The van der Waals surface area contributed by atoms with Crippen molar-refractivity contribution >= 4 is 76.9 Å². The third-order valence-electron chi connectivity index (χ3n) is 12.4. The lowest BCUT2D eigenvalue weighted by molar-refractivity contribution is -0.142. The number of aromatic nitrogens is 2. The number of aliphatic hydroxyl groups is 7. The van der Waals surface area contributed by atoms with Gasteiger partial charge in [-0.15, -0.1) is 0 Å². The summed E-state index contributed by atoms with van der Waals surface area (Å²) in [5.41, 5.74) is 11.2. The lowest BCUT2D eigenvalue weighted by Crippen LogP contribution is -2.63. The minimum Gasteiger partial charge on any atom is -0.480 e. The molecule has 0 saturated heterocycles. The maximum atomic E-state index is 13.7. The number of nitrogens with zero attached hydrogens (tertiary/aromatic N) is 1. The van der Waals surface area contributed by atoms with Gasteiger partial charge in [0, 0.05) is 18.3 Å². The molecule has 0 aliphatic heterocycles. The molecule has 1 aromatic rings. The van der Waals surface area contributed by atoms with E-state index in [1.54, 1.807) is 20.8 Å². The summed E-state index contributed by atoms with van der Waals surface area (Å²) in [5, 5.41) is 103. The Labute approximate surface area is 480 Å². The molecule has 1 heterocycles. The molecule has 0 bridgehead atoms. The molecule has 0 aromatic carbocycles. The average Bonchev–Trinajstić information content (AvgIpc) is 4.13. The van der Waals surface area contributed by atoms with Gasteiger partial charge in [0.05, 0.1) is 59.0 Å². The van der Waals surface area contributed by atoms with E-state index in [4.69, 9.17) is 16.6 Å². The van der Waals surface area contributed by atoms with Crippen molar-refractivity contribution in [3.8, 4) is 0 Å². The molecule has 0 radical (unpaired) electrons. The van der Waals surface area contributed by atoms with Crippen LogP contribution in [-0.4, -0.2) is 246 Å². The van der Waals surface area contributed by atoms with Gasteiger partial charge >= 0.3 is 5.97 Å². The number of primary amides is 1. The van der Waals surface area contributed by atoms with Crippen molar-refractivity contribution in [3.05, 3.63) is 18.2 Å². The predicted molar refractivity (Wildman–Crippen MR) is 286 cm³/mol. The summed E-state index contributed by atoms with van der Waals surface area (Å²) >= 11 is 0. The van der Waals surface area contributed by atoms with E-state index in [-0.39, 0.29) is 25.2 Å². The Morgan fingerprint density at radius 1 is 0.464 bits per heavy atom. The van der Waals surface area contributed by atoms with Crippen LogP contribution in [0.25, 0.3) is 0 Å². The van der Waals surface area contributed by atoms with Crippen molar-refractivity contribution in [3.63, 3.8) is 0 Å². The molecule has 1 rings (SSSR count). The van der Waals surface area contributed by atoms with E-state index in [1.807, 2.05) is 10.6 Å². The number of aliphatic carboxylic acids is 1. The Kier molecular flexibility index (Phi) is 32.8. The fraction of sp³-hybridized carbons (Fsp3) is 0.667. The fourth-order valence-corrected chi connectivity index (χ4v) is 7.36. The zero-order valence-corrected chi connectivity index (χ0v) is 47.1. The second-order valence-electron chi connectivity index (χ2n) is 20.0. The van der Waals surface area contributed by atoms with Gasteiger partial charge in [0.25, 0.3) is 0 Å². The van der Waals surface area contributed by atoms with Crippen LogP contribution in [0.15, 0.2) is 12.5 Å². The number of carboxylic acids is 1. The van der Waals surface area contributed by atoms with Crippen molar-refractivity contribution < 1.29 is 103 Å². The van der Waals surface area contributed by atoms with Gasteiger partial charge in [-0.3, -0.25) is 57.5 Å². The van der Waals surface area contributed by atoms with Crippen LogP contribution >= 0.6 is 0 Å². The van der Waals surface area contributed by atoms with Crippen LogP contribution in [0, 0.1) is 17.8 Å². The maximum Gasteiger partial charge on any atom is 0.326 e. The first-order chi connectivity index (χ1) is 39.5. The van der Waals surface area contributed by atoms with Gasteiger partial charge in [-0.05, 0) is 24.2 Å². The number of amides is 12. The first-order valence-corrected chi connectivity index (χ1v) is 26.3. The highest BCUT2D eigenvalue weighted by atomic mass is 16.4. The number of rotatable bonds is 39. The number of aromatic amines is 1. The smallest absolute Gasteiger partial charge is 0.326 e. The molecule has 12 amide bonds. The summed E-state index contributed by atoms with van der Waals surface area (Å²) in [6.07, 6.45) is 1.57. The molecule has 36 heteroatoms. The Morgan fingerprint density at radius 2 is 0.798 bits per heavy atom. The summed E-state index contributed by atoms with van der Waals surface area (Å²) in [6, 6.07) is -20.7. The topological polar surface area (TPSA) is 597 Å². The molecule has 0 spiro atoms. The molecule has 24 N–H and O–H groups in total. The summed E-state index contributed by atoms with van der Waals surface area (Å²) in [6.45, 7) is 1.67. The Hall–Kier alpha value is -8.00. The number of imidazole rings is 1. The van der Waals surface area contributed by atoms with Crippen LogP contribution < -0.4 is 70.0 Å². The number of hydrogen-bond acceptors (Lipinski definition) is 22. The molecule has 84 heavy (non-hydrogen) atoms. The minimum absolute atomic E-state index is 0.0752. The number of carbonyl (C=O) groups excluding carboxylic acids is 12. The highest BCUT2D eigenvalue weighted by Gasteiger charge is 2.38. The molecule has 1 aromatic heterocycles. The Balaban J connectivity index is 3.15. The summed E-state index contributed by atoms with van der Waals surface area (Å²) in [5.74, 6) is -17.3. The number of carbonyl (C=O) groups is 13. The van der Waals surface area contributed by atoms with Crippen molar-refractivity contribution in [1.82, 2.24) is 68.5 Å². The standard InChI is InChI=1S/C48H81N15O21/c1-7-22(6)36(63-45(80)33(18-70)59-42(77)30(15-67)57-43(78)31(16-68)60-46(81)35(21(4)5)62-37(72)24(49)12-64)47(82)61-32(17-69)44(79)58-29(14-66)41(76)56-28(13-65)40(75)54-26(10-34(50)71)39(74)53-25(8-20(2)3)38(73)55-27(48(83)84)9-23-11-51-19-52-23/h11,19-22,24-33,35-36,64-70H,7-10,12-18,49H2,1-6H3,(H2,50,71)(H,51,52)(H,53,74)(H,54,75)(H,55,73)(H,56,76)(H,57,78)(H,58,79)(H,59,77)(H,60,81)(H,61,82)(H,62,72)(H,63,80)(H,83,84)/t22-,24-,25-,26-,27-,28-,29-,30-,31-,32-,33-,35-,36-/m0/s1. The number of aliphatic hydroxyl groups excluding tert-OH is 7. The zero-order chi connectivity index (χ0) is 64.1. The second-order valence-corrected chi connectivity index (χ2v) is 20.0. The van der Waals surface area contributed by atoms with Gasteiger partial charge in [0.2, 0.25) is 70.9 Å². The van der Waals surface area contributed by atoms with Crippen LogP contribution in [0.1, 0.15) is 66.5 Å². The molecule has 0 aliphatic rings. The molecule has 0 saturated carbocycles. The Morgan fingerprint density at radius 3 is 1.13 bits per heavy atom. The lowest BCUT2D eigenvalue weighted by Gasteiger charge is -2.29. The SMILES string of the molecule is CC[C@H](C)[C@H](NC(=O)[C@H](CO)NC(=O)[C@H](CO)NC(=O)[C@H](CO)NC(=O)[C@@H](NC(=O)[C@@H](N)CO)C(C)C)C(=O)N[C@@H](CO)C(=O)N[C@@H](CO)C(=O)N[C@@H](CO)C(=O)N[C@@H](CC(N)=O)C(=O)N[C@@H](CC(C)C)C(=O)N[C@@H](Cc1cnc[nH]1)C(=O)O. The van der Waals surface area contributed by atoms with Crippen molar-refractivity contribution in [2.45, 2.75) is 140 Å². The monoisotopic (exact) mass is 1200 g/mol. The van der Waals surface area contributed by atoms with Crippen LogP contribution in [0.4, 0.5) is 0 Å². The van der Waals surface area contributed by atoms with E-state index in [9.17, 15) is 98.1 Å². The van der Waals surface area contributed by atoms with E-state index >= 15 is 0 Å². The summed E-state index contributed by atoms with van der Waals surface area (Å²) in [7, 11) is 0.